The Balaban J connectivity index is 2.50. The lowest BCUT2D eigenvalue weighted by atomic mass is 9.94. The largest absolute Gasteiger partial charge is 0.273 e. The van der Waals surface area contributed by atoms with E-state index in [0.29, 0.717) is 11.5 Å². The summed E-state index contributed by atoms with van der Waals surface area (Å²) in [5.74, 6) is 0.0970. The normalized spacial score (nSPS) is 11.2. The number of rotatable bonds is 2. The van der Waals surface area contributed by atoms with Crippen LogP contribution in [0, 0.1) is 11.2 Å². The third-order valence-electron chi connectivity index (χ3n) is 2.81. The molecule has 0 saturated heterocycles. The summed E-state index contributed by atoms with van der Waals surface area (Å²) < 4.78 is 13.1. The van der Waals surface area contributed by atoms with E-state index in [1.165, 1.54) is 17.0 Å². The van der Waals surface area contributed by atoms with Gasteiger partial charge in [0.15, 0.2) is 0 Å². The van der Waals surface area contributed by atoms with Crippen molar-refractivity contribution in [2.24, 2.45) is 5.41 Å². The van der Waals surface area contributed by atoms with Crippen molar-refractivity contribution in [1.29, 1.82) is 0 Å². The van der Waals surface area contributed by atoms with Crippen LogP contribution in [0.1, 0.15) is 20.8 Å². The molecule has 2 rings (SSSR count). The predicted molar refractivity (Wildman–Crippen MR) is 77.2 cm³/mol. The van der Waals surface area contributed by atoms with E-state index in [9.17, 15) is 9.18 Å². The number of amides is 1. The number of hydrogen-bond donors (Lipinski definition) is 0. The topological polar surface area (TPSA) is 33.2 Å². The molecular weight excluding hydrogens is 255 g/mol. The summed E-state index contributed by atoms with van der Waals surface area (Å²) in [6.07, 6.45) is 1.63. The number of carbonyl (C=O) groups excluding carboxylic acids is 1. The number of pyridine rings is 1. The average Bonchev–Trinajstić information content (AvgIpc) is 2.41. The SMILES string of the molecule is CC(C)(C)C(=O)N(c1ccc(F)cc1)c1ccccn1. The summed E-state index contributed by atoms with van der Waals surface area (Å²) in [5, 5.41) is 0. The van der Waals surface area contributed by atoms with E-state index in [1.54, 1.807) is 30.5 Å². The van der Waals surface area contributed by atoms with Gasteiger partial charge in [-0.3, -0.25) is 9.69 Å². The number of benzene rings is 1. The highest BCUT2D eigenvalue weighted by Gasteiger charge is 2.30. The van der Waals surface area contributed by atoms with Crippen molar-refractivity contribution >= 4 is 17.4 Å². The smallest absolute Gasteiger partial charge is 0.238 e. The fourth-order valence-electron chi connectivity index (χ4n) is 1.77. The molecule has 0 unspecified atom stereocenters. The van der Waals surface area contributed by atoms with Crippen LogP contribution < -0.4 is 4.90 Å². The Hall–Kier alpha value is -2.23. The second-order valence-electron chi connectivity index (χ2n) is 5.55. The molecule has 0 bridgehead atoms. The molecule has 2 aromatic rings. The van der Waals surface area contributed by atoms with Crippen LogP contribution in [-0.4, -0.2) is 10.9 Å². The van der Waals surface area contributed by atoms with E-state index in [1.807, 2.05) is 26.8 Å². The molecule has 1 aromatic heterocycles. The zero-order chi connectivity index (χ0) is 14.8. The molecule has 0 aliphatic rings. The lowest BCUT2D eigenvalue weighted by molar-refractivity contribution is -0.125. The second-order valence-corrected chi connectivity index (χ2v) is 5.55. The predicted octanol–water partition coefficient (Wildman–Crippen LogP) is 3.93. The van der Waals surface area contributed by atoms with Gasteiger partial charge in [-0.05, 0) is 36.4 Å². The van der Waals surface area contributed by atoms with Crippen LogP contribution in [0.15, 0.2) is 48.7 Å². The molecular formula is C16H17FN2O. The van der Waals surface area contributed by atoms with Gasteiger partial charge in [0.05, 0.1) is 5.69 Å². The van der Waals surface area contributed by atoms with Crippen molar-refractivity contribution < 1.29 is 9.18 Å². The van der Waals surface area contributed by atoms with Gasteiger partial charge in [0.25, 0.3) is 0 Å². The zero-order valence-corrected chi connectivity index (χ0v) is 11.8. The average molecular weight is 272 g/mol. The molecule has 0 radical (unpaired) electrons. The van der Waals surface area contributed by atoms with Crippen LogP contribution in [-0.2, 0) is 4.79 Å². The van der Waals surface area contributed by atoms with Gasteiger partial charge in [-0.25, -0.2) is 9.37 Å². The lowest BCUT2D eigenvalue weighted by Gasteiger charge is -2.28. The van der Waals surface area contributed by atoms with Gasteiger partial charge >= 0.3 is 0 Å². The molecule has 104 valence electrons. The molecule has 0 saturated carbocycles. The first-order valence-corrected chi connectivity index (χ1v) is 6.41. The van der Waals surface area contributed by atoms with Gasteiger partial charge in [0.2, 0.25) is 5.91 Å². The number of anilines is 2. The van der Waals surface area contributed by atoms with Gasteiger partial charge in [-0.2, -0.15) is 0 Å². The first-order valence-electron chi connectivity index (χ1n) is 6.41. The van der Waals surface area contributed by atoms with Crippen LogP contribution in [0.2, 0.25) is 0 Å². The Morgan fingerprint density at radius 2 is 1.75 bits per heavy atom. The Bertz CT molecular complexity index is 588. The van der Waals surface area contributed by atoms with E-state index < -0.39 is 5.41 Å². The van der Waals surface area contributed by atoms with Crippen molar-refractivity contribution in [2.75, 3.05) is 4.90 Å². The van der Waals surface area contributed by atoms with Gasteiger partial charge in [0, 0.05) is 11.6 Å². The van der Waals surface area contributed by atoms with Crippen molar-refractivity contribution in [3.05, 3.63) is 54.5 Å². The third-order valence-corrected chi connectivity index (χ3v) is 2.81. The van der Waals surface area contributed by atoms with E-state index in [-0.39, 0.29) is 11.7 Å². The van der Waals surface area contributed by atoms with E-state index in [4.69, 9.17) is 0 Å². The summed E-state index contributed by atoms with van der Waals surface area (Å²) in [4.78, 5) is 18.4. The fraction of sp³-hybridized carbons (Fsp3) is 0.250. The summed E-state index contributed by atoms with van der Waals surface area (Å²) in [7, 11) is 0. The van der Waals surface area contributed by atoms with Crippen LogP contribution in [0.5, 0.6) is 0 Å². The maximum Gasteiger partial charge on any atom is 0.238 e. The van der Waals surface area contributed by atoms with Gasteiger partial charge in [0.1, 0.15) is 11.6 Å². The molecule has 1 heterocycles. The number of nitrogens with zero attached hydrogens (tertiary/aromatic N) is 2. The molecule has 0 aliphatic heterocycles. The Morgan fingerprint density at radius 1 is 1.10 bits per heavy atom. The van der Waals surface area contributed by atoms with Gasteiger partial charge in [-0.15, -0.1) is 0 Å². The maximum atomic E-state index is 13.1. The second kappa shape index (κ2) is 5.41. The summed E-state index contributed by atoms with van der Waals surface area (Å²) in [6, 6.07) is 11.2. The van der Waals surface area contributed by atoms with Crippen molar-refractivity contribution in [3.8, 4) is 0 Å². The first-order chi connectivity index (χ1) is 9.39. The minimum absolute atomic E-state index is 0.0946. The molecule has 1 amide bonds. The van der Waals surface area contributed by atoms with E-state index >= 15 is 0 Å². The van der Waals surface area contributed by atoms with E-state index in [0.717, 1.165) is 0 Å². The Kier molecular flexibility index (Phi) is 3.84. The first kappa shape index (κ1) is 14.2. The number of carbonyl (C=O) groups is 1. The summed E-state index contributed by atoms with van der Waals surface area (Å²) in [5.41, 5.74) is 0.0383. The molecule has 3 nitrogen and oxygen atoms in total. The number of hydrogen-bond acceptors (Lipinski definition) is 2. The Labute approximate surface area is 118 Å². The zero-order valence-electron chi connectivity index (χ0n) is 11.8. The standard InChI is InChI=1S/C16H17FN2O/c1-16(2,3)15(20)19(14-6-4-5-11-18-14)13-9-7-12(17)8-10-13/h4-11H,1-3H3. The van der Waals surface area contributed by atoms with Crippen molar-refractivity contribution in [2.45, 2.75) is 20.8 Å². The van der Waals surface area contributed by atoms with Crippen LogP contribution in [0.4, 0.5) is 15.9 Å². The fourth-order valence-corrected chi connectivity index (χ4v) is 1.77. The van der Waals surface area contributed by atoms with Gasteiger partial charge < -0.3 is 0 Å². The molecule has 0 atom stereocenters. The van der Waals surface area contributed by atoms with Crippen LogP contribution in [0.3, 0.4) is 0 Å². The van der Waals surface area contributed by atoms with Crippen molar-refractivity contribution in [3.63, 3.8) is 0 Å². The molecule has 0 fully saturated rings. The maximum absolute atomic E-state index is 13.1. The van der Waals surface area contributed by atoms with Gasteiger partial charge in [-0.1, -0.05) is 26.8 Å². The highest BCUT2D eigenvalue weighted by Crippen LogP contribution is 2.29. The molecule has 1 aromatic carbocycles. The number of aromatic nitrogens is 1. The minimum atomic E-state index is -0.564. The van der Waals surface area contributed by atoms with Crippen molar-refractivity contribution in [1.82, 2.24) is 4.98 Å². The molecule has 0 aliphatic carbocycles. The minimum Gasteiger partial charge on any atom is -0.273 e. The monoisotopic (exact) mass is 272 g/mol. The quantitative estimate of drug-likeness (QED) is 0.829. The Morgan fingerprint density at radius 3 is 2.25 bits per heavy atom. The highest BCUT2D eigenvalue weighted by molar-refractivity contribution is 6.02. The molecule has 0 N–H and O–H groups in total. The third kappa shape index (κ3) is 3.02. The van der Waals surface area contributed by atoms with E-state index in [2.05, 4.69) is 4.98 Å². The highest BCUT2D eigenvalue weighted by atomic mass is 19.1. The lowest BCUT2D eigenvalue weighted by Crippen LogP contribution is -2.36. The number of halogens is 1. The summed E-state index contributed by atoms with van der Waals surface area (Å²) in [6.45, 7) is 5.53. The summed E-state index contributed by atoms with van der Waals surface area (Å²) >= 11 is 0. The van der Waals surface area contributed by atoms with Crippen LogP contribution in [0.25, 0.3) is 0 Å². The van der Waals surface area contributed by atoms with Crippen LogP contribution >= 0.6 is 0 Å². The molecule has 0 spiro atoms. The molecule has 20 heavy (non-hydrogen) atoms. The molecule has 4 heteroatoms.